The maximum Gasteiger partial charge on any atom is 0.227 e. The molecule has 9 nitrogen and oxygen atoms in total. The van der Waals surface area contributed by atoms with Crippen molar-refractivity contribution in [2.45, 2.75) is 18.9 Å². The van der Waals surface area contributed by atoms with Gasteiger partial charge in [0.2, 0.25) is 5.95 Å². The monoisotopic (exact) mass is 410 g/mol. The first kappa shape index (κ1) is 19.4. The van der Waals surface area contributed by atoms with Crippen LogP contribution in [0.5, 0.6) is 0 Å². The van der Waals surface area contributed by atoms with Crippen LogP contribution in [0, 0.1) is 11.3 Å². The molecule has 1 fully saturated rings. The van der Waals surface area contributed by atoms with Crippen LogP contribution in [0.15, 0.2) is 43.1 Å². The van der Waals surface area contributed by atoms with E-state index < -0.39 is 11.4 Å². The van der Waals surface area contributed by atoms with E-state index in [0.29, 0.717) is 31.2 Å². The Morgan fingerprint density at radius 3 is 2.86 bits per heavy atom. The van der Waals surface area contributed by atoms with Crippen molar-refractivity contribution in [3.63, 3.8) is 0 Å². The van der Waals surface area contributed by atoms with E-state index in [4.69, 9.17) is 0 Å². The highest BCUT2D eigenvalue weighted by molar-refractivity contribution is 7.89. The summed E-state index contributed by atoms with van der Waals surface area (Å²) in [5.74, 6) is 1.08. The average Bonchev–Trinajstić information content (AvgIpc) is 3.33. The van der Waals surface area contributed by atoms with Crippen molar-refractivity contribution < 1.29 is 4.55 Å². The molecule has 150 valence electrons. The Kier molecular flexibility index (Phi) is 5.27. The number of nitrogens with zero attached hydrogens (tertiary/aromatic N) is 7. The molecule has 4 heterocycles. The number of nitrogens with one attached hydrogen (secondary N) is 1. The van der Waals surface area contributed by atoms with Crippen LogP contribution in [0.4, 0.5) is 11.6 Å². The van der Waals surface area contributed by atoms with Crippen LogP contribution >= 0.6 is 0 Å². The molecule has 0 radical (unpaired) electrons. The Hall–Kier alpha value is -2.87. The zero-order valence-corrected chi connectivity index (χ0v) is 17.1. The molecule has 1 aliphatic heterocycles. The molecule has 1 saturated heterocycles. The van der Waals surface area contributed by atoms with Gasteiger partial charge in [0.25, 0.3) is 0 Å². The van der Waals surface area contributed by atoms with E-state index in [-0.39, 0.29) is 5.54 Å². The Morgan fingerprint density at radius 1 is 1.34 bits per heavy atom. The van der Waals surface area contributed by atoms with Crippen molar-refractivity contribution in [1.29, 1.82) is 5.26 Å². The van der Waals surface area contributed by atoms with E-state index in [1.54, 1.807) is 17.1 Å². The molecule has 0 saturated carbocycles. The molecule has 0 spiro atoms. The van der Waals surface area contributed by atoms with E-state index in [0.717, 1.165) is 16.9 Å². The van der Waals surface area contributed by atoms with Crippen LogP contribution < -0.4 is 5.32 Å². The van der Waals surface area contributed by atoms with Crippen molar-refractivity contribution in [3.05, 3.63) is 43.1 Å². The summed E-state index contributed by atoms with van der Waals surface area (Å²) in [6, 6.07) is 6.12. The van der Waals surface area contributed by atoms with Crippen LogP contribution in [0.3, 0.4) is 0 Å². The molecule has 0 aliphatic carbocycles. The first-order valence-corrected chi connectivity index (χ1v) is 10.6. The summed E-state index contributed by atoms with van der Waals surface area (Å²) in [6.07, 6.45) is 9.60. The van der Waals surface area contributed by atoms with Crippen LogP contribution in [0.25, 0.3) is 11.3 Å². The van der Waals surface area contributed by atoms with Crippen LogP contribution in [-0.4, -0.2) is 52.0 Å². The van der Waals surface area contributed by atoms with Gasteiger partial charge in [-0.3, -0.25) is 4.68 Å². The minimum absolute atomic E-state index is 0.346. The maximum atomic E-state index is 12.0. The molecular weight excluding hydrogens is 388 g/mol. The largest absolute Gasteiger partial charge is 0.598 e. The van der Waals surface area contributed by atoms with Crippen molar-refractivity contribution in [3.8, 4) is 17.3 Å². The van der Waals surface area contributed by atoms with Gasteiger partial charge in [0.15, 0.2) is 0 Å². The molecule has 10 heteroatoms. The minimum Gasteiger partial charge on any atom is -0.598 e. The van der Waals surface area contributed by atoms with E-state index in [9.17, 15) is 9.81 Å². The summed E-state index contributed by atoms with van der Waals surface area (Å²) in [7, 11) is 1.85. The number of rotatable bonds is 7. The van der Waals surface area contributed by atoms with E-state index >= 15 is 0 Å². The highest BCUT2D eigenvalue weighted by atomic mass is 32.2. The van der Waals surface area contributed by atoms with E-state index in [2.05, 4.69) is 31.0 Å². The maximum absolute atomic E-state index is 12.0. The van der Waals surface area contributed by atoms with E-state index in [1.165, 1.54) is 0 Å². The lowest BCUT2D eigenvalue weighted by Crippen LogP contribution is -2.63. The van der Waals surface area contributed by atoms with Crippen LogP contribution in [-0.2, 0) is 23.9 Å². The normalized spacial score (nSPS) is 16.8. The number of hydrogen-bond donors (Lipinski definition) is 1. The van der Waals surface area contributed by atoms with E-state index in [1.807, 2.05) is 49.0 Å². The van der Waals surface area contributed by atoms with Crippen molar-refractivity contribution in [2.75, 3.05) is 24.2 Å². The Labute approximate surface area is 172 Å². The summed E-state index contributed by atoms with van der Waals surface area (Å²) in [6.45, 7) is 3.11. The van der Waals surface area contributed by atoms with Gasteiger partial charge in [0, 0.05) is 48.8 Å². The number of anilines is 2. The summed E-state index contributed by atoms with van der Waals surface area (Å²) in [5, 5.41) is 16.6. The van der Waals surface area contributed by atoms with Gasteiger partial charge < -0.3 is 14.4 Å². The lowest BCUT2D eigenvalue weighted by molar-refractivity contribution is 0.0851. The van der Waals surface area contributed by atoms with Gasteiger partial charge in [-0.2, -0.15) is 10.4 Å². The summed E-state index contributed by atoms with van der Waals surface area (Å²) in [5.41, 5.74) is 2.19. The third kappa shape index (κ3) is 3.85. The Bertz CT molecular complexity index is 1030. The van der Waals surface area contributed by atoms with Gasteiger partial charge in [-0.1, -0.05) is 0 Å². The Balaban J connectivity index is 1.54. The molecule has 4 rings (SSSR count). The number of aryl methyl sites for hydroxylation is 1. The van der Waals surface area contributed by atoms with Crippen LogP contribution in [0.2, 0.25) is 0 Å². The second kappa shape index (κ2) is 7.87. The molecule has 0 aromatic carbocycles. The molecule has 1 unspecified atom stereocenters. The molecule has 0 bridgehead atoms. The lowest BCUT2D eigenvalue weighted by atomic mass is 9.89. The third-order valence-corrected chi connectivity index (χ3v) is 6.37. The molecule has 3 aromatic rings. The standard InChI is InChI=1S/C19H22N8OS/c1-3-29(28)27-13-19(14-27,6-7-20)26-9-5-15(11-26)17-4-8-21-18(24-17)23-16-10-22-25(2)12-16/h4-5,8-12H,3,6,13-14H2,1-2H3,(H,21,23,24). The molecule has 1 aliphatic rings. The second-order valence-corrected chi connectivity index (χ2v) is 8.80. The quantitative estimate of drug-likeness (QED) is 0.593. The first-order valence-electron chi connectivity index (χ1n) is 9.31. The molecule has 29 heavy (non-hydrogen) atoms. The SMILES string of the molecule is CC[S+]([O-])N1CC(CC#N)(n2ccc(-c3ccnc(Nc4cnn(C)c4)n3)c2)C1. The topological polar surface area (TPSA) is 111 Å². The van der Waals surface area contributed by atoms with Crippen molar-refractivity contribution in [2.24, 2.45) is 7.05 Å². The smallest absolute Gasteiger partial charge is 0.227 e. The number of aromatic nitrogens is 5. The Morgan fingerprint density at radius 2 is 2.17 bits per heavy atom. The van der Waals surface area contributed by atoms with Gasteiger partial charge in [0.1, 0.15) is 5.75 Å². The molecular formula is C19H22N8OS. The zero-order valence-electron chi connectivity index (χ0n) is 16.3. The minimum atomic E-state index is -0.984. The number of hydrogen-bond acceptors (Lipinski definition) is 7. The predicted octanol–water partition coefficient (Wildman–Crippen LogP) is 2.03. The van der Waals surface area contributed by atoms with Crippen molar-refractivity contribution >= 4 is 23.0 Å². The molecule has 1 N–H and O–H groups in total. The van der Waals surface area contributed by atoms with Gasteiger partial charge in [0.05, 0.1) is 48.7 Å². The third-order valence-electron chi connectivity index (χ3n) is 5.04. The van der Waals surface area contributed by atoms with Crippen molar-refractivity contribution in [1.82, 2.24) is 28.6 Å². The van der Waals surface area contributed by atoms with Crippen LogP contribution in [0.1, 0.15) is 13.3 Å². The second-order valence-electron chi connectivity index (χ2n) is 7.07. The summed E-state index contributed by atoms with van der Waals surface area (Å²) >= 11 is -0.984. The first-order chi connectivity index (χ1) is 14.0. The fourth-order valence-electron chi connectivity index (χ4n) is 3.49. The van der Waals surface area contributed by atoms with Gasteiger partial charge in [-0.05, 0) is 19.1 Å². The van der Waals surface area contributed by atoms with Gasteiger partial charge >= 0.3 is 0 Å². The fourth-order valence-corrected chi connectivity index (χ4v) is 4.62. The summed E-state index contributed by atoms with van der Waals surface area (Å²) in [4.78, 5) is 8.86. The zero-order chi connectivity index (χ0) is 20.4. The lowest BCUT2D eigenvalue weighted by Gasteiger charge is -2.48. The molecule has 0 amide bonds. The summed E-state index contributed by atoms with van der Waals surface area (Å²) < 4.78 is 17.7. The highest BCUT2D eigenvalue weighted by Gasteiger charge is 2.49. The van der Waals surface area contributed by atoms with Gasteiger partial charge in [-0.25, -0.2) is 9.97 Å². The average molecular weight is 411 g/mol. The highest BCUT2D eigenvalue weighted by Crippen LogP contribution is 2.36. The fraction of sp³-hybridized carbons (Fsp3) is 0.368. The predicted molar refractivity (Wildman–Crippen MR) is 110 cm³/mol. The molecule has 1 atom stereocenters. The van der Waals surface area contributed by atoms with Gasteiger partial charge in [-0.15, -0.1) is 4.31 Å². The molecule has 3 aromatic heterocycles. The number of nitriles is 1.